The second-order valence-electron chi connectivity index (χ2n) is 1.10. The molecule has 0 aliphatic heterocycles. The smallest absolute Gasteiger partial charge is 0.146 e. The van der Waals surface area contributed by atoms with Crippen molar-refractivity contribution in [2.45, 2.75) is 13.3 Å². The molecule has 0 rings (SSSR count). The van der Waals surface area contributed by atoms with Gasteiger partial charge in [0.2, 0.25) is 0 Å². The molecule has 44 valence electrons. The van der Waals surface area contributed by atoms with E-state index in [-0.39, 0.29) is 29.3 Å². The van der Waals surface area contributed by atoms with E-state index in [9.17, 15) is 4.79 Å². The van der Waals surface area contributed by atoms with Crippen LogP contribution in [0, 0.1) is 0 Å². The fourth-order valence-corrected chi connectivity index (χ4v) is 0.144. The van der Waals surface area contributed by atoms with Gasteiger partial charge in [0.25, 0.3) is 0 Å². The van der Waals surface area contributed by atoms with Gasteiger partial charge in [-0.25, -0.2) is 0 Å². The normalized spacial score (nSPS) is 7.14. The summed E-state index contributed by atoms with van der Waals surface area (Å²) in [6.45, 7) is 1.99. The zero-order chi connectivity index (χ0) is 4.99. The van der Waals surface area contributed by atoms with Crippen molar-refractivity contribution in [3.63, 3.8) is 0 Å². The van der Waals surface area contributed by atoms with Gasteiger partial charge in [0.15, 0.2) is 0 Å². The van der Waals surface area contributed by atoms with E-state index < -0.39 is 0 Å². The number of Topliss-reactive ketones (excluding diaryl/α,β-unsaturated/α-hetero) is 1. The Bertz CT molecular complexity index is 49.7. The largest absolute Gasteiger partial charge is 0.324 e. The van der Waals surface area contributed by atoms with Crippen LogP contribution < -0.4 is 5.73 Å². The minimum Gasteiger partial charge on any atom is -0.324 e. The molecular weight excluding hydrogens is 158 g/mol. The van der Waals surface area contributed by atoms with Crippen LogP contribution in [-0.4, -0.2) is 12.3 Å². The topological polar surface area (TPSA) is 43.1 Å². The fourth-order valence-electron chi connectivity index (χ4n) is 0.144. The predicted octanol–water partition coefficient (Wildman–Crippen LogP) is 0.502. The van der Waals surface area contributed by atoms with Gasteiger partial charge in [0.1, 0.15) is 5.78 Å². The summed E-state index contributed by atoms with van der Waals surface area (Å²) in [4.78, 5) is 10.1. The molecule has 0 saturated carbocycles. The molecule has 0 heterocycles. The Kier molecular flexibility index (Phi) is 8.87. The molecule has 0 aliphatic carbocycles. The van der Waals surface area contributed by atoms with E-state index in [1.807, 2.05) is 0 Å². The van der Waals surface area contributed by atoms with Crippen molar-refractivity contribution in [2.24, 2.45) is 5.73 Å². The third-order valence-electron chi connectivity index (χ3n) is 0.622. The molecule has 0 aromatic carbocycles. The van der Waals surface area contributed by atoms with Gasteiger partial charge in [-0.1, -0.05) is 6.92 Å². The lowest BCUT2D eigenvalue weighted by atomic mass is 10.3. The van der Waals surface area contributed by atoms with Crippen molar-refractivity contribution < 1.29 is 4.79 Å². The minimum atomic E-state index is 0. The summed E-state index contributed by atoms with van der Waals surface area (Å²) in [7, 11) is 0. The molecular formula is C4H10BrNO. The Balaban J connectivity index is 0. The maximum atomic E-state index is 10.1. The first-order valence-electron chi connectivity index (χ1n) is 2.03. The molecule has 0 radical (unpaired) electrons. The van der Waals surface area contributed by atoms with E-state index in [0.29, 0.717) is 6.42 Å². The summed E-state index contributed by atoms with van der Waals surface area (Å²) in [5.74, 6) is 0.120. The molecule has 0 aromatic heterocycles. The summed E-state index contributed by atoms with van der Waals surface area (Å²) in [6, 6.07) is 0. The third-order valence-corrected chi connectivity index (χ3v) is 0.622. The molecule has 0 saturated heterocycles. The van der Waals surface area contributed by atoms with Gasteiger partial charge in [0.05, 0.1) is 6.54 Å². The highest BCUT2D eigenvalue weighted by molar-refractivity contribution is 8.93. The molecule has 0 aliphatic rings. The average molecular weight is 168 g/mol. The molecule has 3 heteroatoms. The molecule has 0 spiro atoms. The number of rotatable bonds is 2. The first-order chi connectivity index (χ1) is 2.81. The van der Waals surface area contributed by atoms with Crippen LogP contribution in [0.1, 0.15) is 13.3 Å². The lowest BCUT2D eigenvalue weighted by Crippen LogP contribution is -2.11. The molecule has 0 fully saturated rings. The second kappa shape index (κ2) is 6.11. The Labute approximate surface area is 53.8 Å². The van der Waals surface area contributed by atoms with Gasteiger partial charge in [-0.3, -0.25) is 4.79 Å². The van der Waals surface area contributed by atoms with E-state index in [4.69, 9.17) is 5.73 Å². The van der Waals surface area contributed by atoms with Gasteiger partial charge in [0, 0.05) is 6.42 Å². The van der Waals surface area contributed by atoms with Crippen LogP contribution in [0.2, 0.25) is 0 Å². The summed E-state index contributed by atoms with van der Waals surface area (Å²) >= 11 is 0. The molecule has 7 heavy (non-hydrogen) atoms. The SMILES string of the molecule is Br.CCC(=O)CN. The third kappa shape index (κ3) is 6.11. The van der Waals surface area contributed by atoms with E-state index in [0.717, 1.165) is 0 Å². The number of hydrogen-bond acceptors (Lipinski definition) is 2. The Morgan fingerprint density at radius 1 is 1.71 bits per heavy atom. The number of halogens is 1. The monoisotopic (exact) mass is 167 g/mol. The Morgan fingerprint density at radius 3 is 2.14 bits per heavy atom. The van der Waals surface area contributed by atoms with Gasteiger partial charge in [-0.2, -0.15) is 0 Å². The number of ketones is 1. The lowest BCUT2D eigenvalue weighted by Gasteiger charge is -1.82. The van der Waals surface area contributed by atoms with Crippen molar-refractivity contribution in [1.29, 1.82) is 0 Å². The average Bonchev–Trinajstić information content (AvgIpc) is 1.65. The predicted molar refractivity (Wildman–Crippen MR) is 34.7 cm³/mol. The molecule has 0 aromatic rings. The zero-order valence-corrected chi connectivity index (χ0v) is 6.02. The van der Waals surface area contributed by atoms with Crippen molar-refractivity contribution in [3.05, 3.63) is 0 Å². The first kappa shape index (κ1) is 10.2. The second-order valence-corrected chi connectivity index (χ2v) is 1.10. The van der Waals surface area contributed by atoms with Crippen molar-refractivity contribution >= 4 is 22.8 Å². The van der Waals surface area contributed by atoms with Gasteiger partial charge < -0.3 is 5.73 Å². The van der Waals surface area contributed by atoms with Gasteiger partial charge >= 0.3 is 0 Å². The van der Waals surface area contributed by atoms with Crippen LogP contribution >= 0.6 is 17.0 Å². The van der Waals surface area contributed by atoms with E-state index in [1.54, 1.807) is 6.92 Å². The number of carbonyl (C=O) groups excluding carboxylic acids is 1. The number of carbonyl (C=O) groups is 1. The van der Waals surface area contributed by atoms with Crippen molar-refractivity contribution in [3.8, 4) is 0 Å². The summed E-state index contributed by atoms with van der Waals surface area (Å²) in [6.07, 6.45) is 0.566. The summed E-state index contributed by atoms with van der Waals surface area (Å²) in [5, 5.41) is 0. The quantitative estimate of drug-likeness (QED) is 0.652. The van der Waals surface area contributed by atoms with Crippen LogP contribution in [0.15, 0.2) is 0 Å². The van der Waals surface area contributed by atoms with Crippen LogP contribution in [0.3, 0.4) is 0 Å². The summed E-state index contributed by atoms with van der Waals surface area (Å²) < 4.78 is 0. The highest BCUT2D eigenvalue weighted by atomic mass is 79.9. The van der Waals surface area contributed by atoms with Gasteiger partial charge in [-0.15, -0.1) is 17.0 Å². The zero-order valence-electron chi connectivity index (χ0n) is 4.31. The lowest BCUT2D eigenvalue weighted by molar-refractivity contribution is -0.117. The number of hydrogen-bond donors (Lipinski definition) is 1. The maximum absolute atomic E-state index is 10.1. The van der Waals surface area contributed by atoms with E-state index in [1.165, 1.54) is 0 Å². The van der Waals surface area contributed by atoms with Crippen molar-refractivity contribution in [1.82, 2.24) is 0 Å². The van der Waals surface area contributed by atoms with E-state index in [2.05, 4.69) is 0 Å². The van der Waals surface area contributed by atoms with E-state index >= 15 is 0 Å². The van der Waals surface area contributed by atoms with Crippen LogP contribution in [-0.2, 0) is 4.79 Å². The van der Waals surface area contributed by atoms with Gasteiger partial charge in [-0.05, 0) is 0 Å². The molecule has 2 N–H and O–H groups in total. The molecule has 0 bridgehead atoms. The van der Waals surface area contributed by atoms with Crippen LogP contribution in [0.25, 0.3) is 0 Å². The number of nitrogens with two attached hydrogens (primary N) is 1. The highest BCUT2D eigenvalue weighted by Gasteiger charge is 1.87. The molecule has 0 amide bonds. The molecule has 2 nitrogen and oxygen atoms in total. The fraction of sp³-hybridized carbons (Fsp3) is 0.750. The maximum Gasteiger partial charge on any atom is 0.146 e. The van der Waals surface area contributed by atoms with Crippen molar-refractivity contribution in [2.75, 3.05) is 6.54 Å². The molecule has 0 atom stereocenters. The standard InChI is InChI=1S/C4H9NO.BrH/c1-2-4(6)3-5;/h2-3,5H2,1H3;1H. The minimum absolute atomic E-state index is 0. The highest BCUT2D eigenvalue weighted by Crippen LogP contribution is 1.71. The van der Waals surface area contributed by atoms with Crippen LogP contribution in [0.4, 0.5) is 0 Å². The Morgan fingerprint density at radius 2 is 2.14 bits per heavy atom. The van der Waals surface area contributed by atoms with Crippen LogP contribution in [0.5, 0.6) is 0 Å². The Hall–Kier alpha value is 0.110. The summed E-state index contributed by atoms with van der Waals surface area (Å²) in [5.41, 5.74) is 4.93. The molecule has 0 unspecified atom stereocenters. The first-order valence-corrected chi connectivity index (χ1v) is 2.03.